The number of isothiocyanates is 1. The highest BCUT2D eigenvalue weighted by molar-refractivity contribution is 7.78. The maximum atomic E-state index is 12.4. The quantitative estimate of drug-likeness (QED) is 0.0376. The van der Waals surface area contributed by atoms with E-state index in [-0.39, 0.29) is 11.6 Å². The molecule has 0 atom stereocenters. The van der Waals surface area contributed by atoms with E-state index >= 15 is 0 Å². The molecule has 7 rings (SSSR count). The lowest BCUT2D eigenvalue weighted by atomic mass is 10.2. The van der Waals surface area contributed by atoms with E-state index in [1.165, 1.54) is 11.1 Å². The second-order valence-electron chi connectivity index (χ2n) is 16.2. The monoisotopic (exact) mass is 948 g/mol. The molecule has 0 aliphatic heterocycles. The van der Waals surface area contributed by atoms with Crippen molar-refractivity contribution in [2.24, 2.45) is 12.0 Å². The van der Waals surface area contributed by atoms with E-state index < -0.39 is 0 Å². The Morgan fingerprint density at radius 3 is 1.68 bits per heavy atom. The van der Waals surface area contributed by atoms with Gasteiger partial charge in [-0.2, -0.15) is 4.99 Å². The molecular formula is C54H64N10O4S. The van der Waals surface area contributed by atoms with Gasteiger partial charge < -0.3 is 30.4 Å². The van der Waals surface area contributed by atoms with Crippen LogP contribution in [0.2, 0.25) is 0 Å². The summed E-state index contributed by atoms with van der Waals surface area (Å²) in [6.07, 6.45) is 3.93. The van der Waals surface area contributed by atoms with Gasteiger partial charge in [-0.1, -0.05) is 63.1 Å². The van der Waals surface area contributed by atoms with Crippen molar-refractivity contribution in [2.45, 2.75) is 54.4 Å². The summed E-state index contributed by atoms with van der Waals surface area (Å²) >= 11 is 4.45. The molecule has 0 saturated carbocycles. The number of nitrogen functional groups attached to an aromatic ring is 1. The first-order chi connectivity index (χ1) is 33.3. The zero-order chi connectivity index (χ0) is 49.7. The number of nitrogens with two attached hydrogens (primary N) is 1. The van der Waals surface area contributed by atoms with Crippen molar-refractivity contribution < 1.29 is 19.1 Å². The number of Topliss-reactive ketones (excluding diaryl/α,β-unsaturated/α-hetero) is 2. The van der Waals surface area contributed by atoms with Gasteiger partial charge in [0.25, 0.3) is 0 Å². The van der Waals surface area contributed by atoms with Crippen LogP contribution in [-0.4, -0.2) is 92.4 Å². The fourth-order valence-corrected chi connectivity index (χ4v) is 7.14. The number of hydrogen-bond acceptors (Lipinski definition) is 14. The number of anilines is 4. The zero-order valence-corrected chi connectivity index (χ0v) is 41.8. The predicted molar refractivity (Wildman–Crippen MR) is 283 cm³/mol. The molecule has 0 bridgehead atoms. The summed E-state index contributed by atoms with van der Waals surface area (Å²) in [5.41, 5.74) is 14.9. The molecule has 3 aromatic heterocycles. The number of rotatable bonds is 20. The van der Waals surface area contributed by atoms with Gasteiger partial charge in [-0.25, -0.2) is 4.98 Å². The number of aromatic nitrogens is 4. The Morgan fingerprint density at radius 1 is 0.696 bits per heavy atom. The minimum atomic E-state index is 0.149. The van der Waals surface area contributed by atoms with E-state index in [9.17, 15) is 9.59 Å². The van der Waals surface area contributed by atoms with E-state index in [2.05, 4.69) is 99.5 Å². The Morgan fingerprint density at radius 2 is 1.19 bits per heavy atom. The van der Waals surface area contributed by atoms with Crippen molar-refractivity contribution in [2.75, 3.05) is 62.7 Å². The minimum absolute atomic E-state index is 0.149. The Kier molecular flexibility index (Phi) is 20.5. The van der Waals surface area contributed by atoms with Crippen LogP contribution in [0.5, 0.6) is 23.0 Å². The first-order valence-corrected chi connectivity index (χ1v) is 23.5. The molecule has 0 saturated heterocycles. The number of aryl methyl sites for hydroxylation is 3. The van der Waals surface area contributed by atoms with E-state index in [1.54, 1.807) is 36.7 Å². The molecule has 0 fully saturated rings. The van der Waals surface area contributed by atoms with Crippen LogP contribution in [0.4, 0.5) is 28.7 Å². The van der Waals surface area contributed by atoms with E-state index in [0.717, 1.165) is 60.2 Å². The smallest absolute Gasteiger partial charge is 0.208 e. The topological polar surface area (TPSA) is 165 Å². The number of nitrogens with zero attached hydrogens (tertiary/aromatic N) is 7. The highest BCUT2D eigenvalue weighted by Gasteiger charge is 2.14. The number of hydrogen-bond donors (Lipinski definition) is 3. The Balaban J connectivity index is 0.000000221. The van der Waals surface area contributed by atoms with Crippen LogP contribution >= 0.6 is 12.2 Å². The van der Waals surface area contributed by atoms with Gasteiger partial charge in [0.05, 0.1) is 70.6 Å². The van der Waals surface area contributed by atoms with Gasteiger partial charge in [0, 0.05) is 56.4 Å². The van der Waals surface area contributed by atoms with Crippen molar-refractivity contribution in [1.82, 2.24) is 29.3 Å². The number of likely N-dealkylation sites (N-methyl/N-ethyl adjacent to an activating group) is 2. The predicted octanol–water partition coefficient (Wildman–Crippen LogP) is 10.9. The Labute approximate surface area is 411 Å². The maximum Gasteiger partial charge on any atom is 0.208 e. The van der Waals surface area contributed by atoms with Gasteiger partial charge in [-0.15, -0.1) is 0 Å². The summed E-state index contributed by atoms with van der Waals surface area (Å²) < 4.78 is 13.9. The second kappa shape index (κ2) is 26.9. The third-order valence-corrected chi connectivity index (χ3v) is 11.1. The third kappa shape index (κ3) is 16.8. The largest absolute Gasteiger partial charge is 0.457 e. The lowest BCUT2D eigenvalue weighted by Gasteiger charge is -2.16. The van der Waals surface area contributed by atoms with Gasteiger partial charge in [-0.3, -0.25) is 29.4 Å². The van der Waals surface area contributed by atoms with Crippen LogP contribution in [0.1, 0.15) is 50.2 Å². The molecule has 360 valence electrons. The van der Waals surface area contributed by atoms with E-state index in [4.69, 9.17) is 20.2 Å². The maximum absolute atomic E-state index is 12.4. The van der Waals surface area contributed by atoms with Gasteiger partial charge in [0.15, 0.2) is 11.6 Å². The molecule has 15 heteroatoms. The molecule has 14 nitrogen and oxygen atoms in total. The number of carbonyl (C=O) groups excluding carboxylic acids is 2. The first kappa shape index (κ1) is 52.7. The highest BCUT2D eigenvalue weighted by atomic mass is 32.1. The summed E-state index contributed by atoms with van der Waals surface area (Å²) in [7, 11) is 3.80. The highest BCUT2D eigenvalue weighted by Crippen LogP contribution is 2.30. The molecule has 4 aromatic carbocycles. The number of pyridine rings is 2. The minimum Gasteiger partial charge on any atom is -0.457 e. The normalized spacial score (nSPS) is 10.6. The number of benzene rings is 4. The van der Waals surface area contributed by atoms with E-state index in [1.807, 2.05) is 98.4 Å². The Bertz CT molecular complexity index is 2800. The number of imidazole rings is 1. The second-order valence-corrected chi connectivity index (χ2v) is 16.4. The van der Waals surface area contributed by atoms with Crippen LogP contribution < -0.4 is 25.8 Å². The Hall–Kier alpha value is -7.29. The molecule has 7 aromatic rings. The average molecular weight is 949 g/mol. The zero-order valence-electron chi connectivity index (χ0n) is 41.0. The average Bonchev–Trinajstić information content (AvgIpc) is 3.65. The van der Waals surface area contributed by atoms with Gasteiger partial charge in [-0.05, 0) is 113 Å². The number of ketones is 2. The number of thiocarbonyl (C=S) groups is 1. The van der Waals surface area contributed by atoms with Crippen LogP contribution in [0, 0.1) is 13.8 Å². The third-order valence-electron chi connectivity index (χ3n) is 11.1. The fourth-order valence-electron chi connectivity index (χ4n) is 7.04. The summed E-state index contributed by atoms with van der Waals surface area (Å²) in [4.78, 5) is 45.9. The van der Waals surface area contributed by atoms with Crippen molar-refractivity contribution in [3.63, 3.8) is 0 Å². The number of nitrogens with one attached hydrogen (secondary N) is 2. The summed E-state index contributed by atoms with van der Waals surface area (Å²) in [6.45, 7) is 16.6. The molecule has 3 heterocycles. The lowest BCUT2D eigenvalue weighted by Crippen LogP contribution is -2.30. The molecular weight excluding hydrogens is 885 g/mol. The molecule has 0 aliphatic rings. The first-order valence-electron chi connectivity index (χ1n) is 23.1. The van der Waals surface area contributed by atoms with Crippen molar-refractivity contribution in [1.29, 1.82) is 0 Å². The van der Waals surface area contributed by atoms with Crippen LogP contribution in [-0.2, 0) is 29.5 Å². The number of aliphatic imine (C=N–C) groups is 1. The lowest BCUT2D eigenvalue weighted by molar-refractivity contribution is -0.120. The molecule has 0 unspecified atom stereocenters. The molecule has 69 heavy (non-hydrogen) atoms. The molecule has 0 spiro atoms. The molecule has 0 aliphatic carbocycles. The number of carbonyl (C=O) groups is 2. The van der Waals surface area contributed by atoms with Gasteiger partial charge in [0.1, 0.15) is 23.0 Å². The van der Waals surface area contributed by atoms with E-state index in [0.29, 0.717) is 66.0 Å². The number of fused-ring (bicyclic) bond motifs is 1. The van der Waals surface area contributed by atoms with Gasteiger partial charge >= 0.3 is 0 Å². The molecule has 4 N–H and O–H groups in total. The number of ether oxygens (including phenoxy) is 2. The van der Waals surface area contributed by atoms with Crippen molar-refractivity contribution in [3.8, 4) is 23.0 Å². The van der Waals surface area contributed by atoms with Crippen LogP contribution in [0.25, 0.3) is 11.0 Å². The molecule has 0 amide bonds. The van der Waals surface area contributed by atoms with Crippen molar-refractivity contribution in [3.05, 3.63) is 144 Å². The summed E-state index contributed by atoms with van der Waals surface area (Å²) in [5, 5.41) is 8.69. The summed E-state index contributed by atoms with van der Waals surface area (Å²) in [6, 6.07) is 34.5. The fraction of sp³-hybridized carbons (Fsp3) is 0.296. The molecule has 0 radical (unpaired) electrons. The standard InChI is InChI=1S/C27H31N5O2.C19H26N4O2.C8H7NS/c1-5-32(6-2)18-22(33)15-21-16-24(13-14-28-21)34-23-11-12-26-25(17-23)30-27(31(26)4)29-20-9-7-19(3)8-10-20;1-4-23(5-2)13-15(24)10-14-11-17(8-9-22-14)25-16-6-7-19(21-3)18(20)12-16;1-7-2-4-8(5-3-7)9-6-10/h7-14,16-17H,5-6,15,18H2,1-4H3,(H,29,30);6-9,11-12,21H,4-5,10,13,20H2,1-3H3;2-5H,1H3. The SMILES string of the molecule is CCN(CC)CC(=O)Cc1cc(Oc2ccc(NC)c(N)c2)ccn1.CCN(CC)CC(=O)Cc1cc(Oc2ccc3c(c2)nc(Nc2ccc(C)cc2)n3C)ccn1.Cc1ccc(N=C=S)cc1. The van der Waals surface area contributed by atoms with Crippen molar-refractivity contribution >= 4 is 68.7 Å². The van der Waals surface area contributed by atoms with Crippen LogP contribution in [0.3, 0.4) is 0 Å². The van der Waals surface area contributed by atoms with Gasteiger partial charge in [0.2, 0.25) is 5.95 Å². The van der Waals surface area contributed by atoms with Crippen LogP contribution in [0.15, 0.2) is 127 Å². The summed E-state index contributed by atoms with van der Waals surface area (Å²) in [5.74, 6) is 3.66.